The molecule has 8 nitrogen and oxygen atoms in total. The lowest BCUT2D eigenvalue weighted by Gasteiger charge is -2.11. The van der Waals surface area contributed by atoms with Crippen molar-refractivity contribution < 1.29 is 4.74 Å². The van der Waals surface area contributed by atoms with E-state index in [0.717, 1.165) is 42.1 Å². The quantitative estimate of drug-likeness (QED) is 0.457. The van der Waals surface area contributed by atoms with Crippen LogP contribution in [0.2, 0.25) is 0 Å². The van der Waals surface area contributed by atoms with Crippen molar-refractivity contribution in [3.05, 3.63) is 77.5 Å². The number of nitrogens with zero attached hydrogens (tertiary/aromatic N) is 5. The van der Waals surface area contributed by atoms with Crippen LogP contribution < -0.4 is 10.1 Å². The van der Waals surface area contributed by atoms with E-state index in [1.54, 1.807) is 6.20 Å². The first-order chi connectivity index (χ1) is 14.7. The maximum absolute atomic E-state index is 6.03. The number of H-pyrrole nitrogens is 1. The largest absolute Gasteiger partial charge is 0.455 e. The van der Waals surface area contributed by atoms with Crippen molar-refractivity contribution in [2.24, 2.45) is 0 Å². The van der Waals surface area contributed by atoms with Gasteiger partial charge >= 0.3 is 0 Å². The summed E-state index contributed by atoms with van der Waals surface area (Å²) < 4.78 is 6.03. The molecule has 0 saturated heterocycles. The number of anilines is 2. The van der Waals surface area contributed by atoms with E-state index in [-0.39, 0.29) is 0 Å². The van der Waals surface area contributed by atoms with Crippen molar-refractivity contribution in [3.8, 4) is 11.5 Å². The van der Waals surface area contributed by atoms with Crippen LogP contribution in [-0.2, 0) is 19.3 Å². The summed E-state index contributed by atoms with van der Waals surface area (Å²) in [7, 11) is 0. The molecule has 4 rings (SSSR count). The summed E-state index contributed by atoms with van der Waals surface area (Å²) in [5.41, 5.74) is 4.05. The lowest BCUT2D eigenvalue weighted by molar-refractivity contribution is 0.475. The van der Waals surface area contributed by atoms with Crippen molar-refractivity contribution in [1.82, 2.24) is 30.6 Å². The first-order valence-electron chi connectivity index (χ1n) is 9.88. The molecule has 0 spiro atoms. The molecular formula is C22H23N7O. The summed E-state index contributed by atoms with van der Waals surface area (Å²) in [5, 5.41) is 17.4. The fraction of sp³-hybridized carbons (Fsp3) is 0.227. The van der Waals surface area contributed by atoms with Crippen molar-refractivity contribution in [1.29, 1.82) is 0 Å². The Balaban J connectivity index is 1.43. The van der Waals surface area contributed by atoms with Crippen LogP contribution in [-0.4, -0.2) is 30.6 Å². The predicted octanol–water partition coefficient (Wildman–Crippen LogP) is 4.18. The van der Waals surface area contributed by atoms with Gasteiger partial charge in [0.15, 0.2) is 5.82 Å². The Hall–Kier alpha value is -3.81. The molecule has 0 aliphatic rings. The fourth-order valence-corrected chi connectivity index (χ4v) is 3.07. The number of aryl methyl sites for hydroxylation is 4. The van der Waals surface area contributed by atoms with E-state index >= 15 is 0 Å². The van der Waals surface area contributed by atoms with Gasteiger partial charge in [0.05, 0.1) is 5.69 Å². The molecule has 0 unspecified atom stereocenters. The number of hydrogen-bond acceptors (Lipinski definition) is 7. The van der Waals surface area contributed by atoms with Gasteiger partial charge in [-0.2, -0.15) is 5.21 Å². The molecule has 0 aliphatic carbocycles. The SMILES string of the molecule is CCc1ccc(Oc2ccnc(Nc3cccc(CCc4nn[nH]n4)c3)c2)c(C)n1. The van der Waals surface area contributed by atoms with E-state index in [0.29, 0.717) is 17.4 Å². The zero-order chi connectivity index (χ0) is 20.8. The van der Waals surface area contributed by atoms with Gasteiger partial charge < -0.3 is 10.1 Å². The number of aromatic nitrogens is 6. The van der Waals surface area contributed by atoms with Gasteiger partial charge in [-0.3, -0.25) is 4.98 Å². The number of hydrogen-bond donors (Lipinski definition) is 2. The van der Waals surface area contributed by atoms with Gasteiger partial charge in [0.2, 0.25) is 0 Å². The molecule has 30 heavy (non-hydrogen) atoms. The zero-order valence-electron chi connectivity index (χ0n) is 17.0. The number of tetrazole rings is 1. The highest BCUT2D eigenvalue weighted by atomic mass is 16.5. The standard InChI is InChI=1S/C22H23N7O/c1-3-17-8-9-20(15(2)24-17)30-19-11-12-23-22(14-19)25-18-6-4-5-16(13-18)7-10-21-26-28-29-27-21/h4-6,8-9,11-14H,3,7,10H2,1-2H3,(H,23,25)(H,26,27,28,29). The predicted molar refractivity (Wildman–Crippen MR) is 114 cm³/mol. The smallest absolute Gasteiger partial charge is 0.174 e. The number of aromatic amines is 1. The zero-order valence-corrected chi connectivity index (χ0v) is 17.0. The fourth-order valence-electron chi connectivity index (χ4n) is 3.07. The topological polar surface area (TPSA) is 102 Å². The third-order valence-electron chi connectivity index (χ3n) is 4.64. The average molecular weight is 401 g/mol. The van der Waals surface area contributed by atoms with E-state index in [1.165, 1.54) is 5.56 Å². The summed E-state index contributed by atoms with van der Waals surface area (Å²) in [6, 6.07) is 15.8. The third kappa shape index (κ3) is 4.96. The second kappa shape index (κ2) is 9.13. The summed E-state index contributed by atoms with van der Waals surface area (Å²) in [6.45, 7) is 4.04. The van der Waals surface area contributed by atoms with Crippen LogP contribution in [0.5, 0.6) is 11.5 Å². The molecule has 0 atom stereocenters. The normalized spacial score (nSPS) is 10.7. The molecule has 2 N–H and O–H groups in total. The van der Waals surface area contributed by atoms with Gasteiger partial charge in [0.25, 0.3) is 0 Å². The van der Waals surface area contributed by atoms with Gasteiger partial charge in [0, 0.05) is 30.1 Å². The molecule has 3 heterocycles. The van der Waals surface area contributed by atoms with E-state index < -0.39 is 0 Å². The van der Waals surface area contributed by atoms with Crippen LogP contribution in [0, 0.1) is 6.92 Å². The molecule has 3 aromatic heterocycles. The van der Waals surface area contributed by atoms with Crippen molar-refractivity contribution in [3.63, 3.8) is 0 Å². The summed E-state index contributed by atoms with van der Waals surface area (Å²) in [4.78, 5) is 8.96. The van der Waals surface area contributed by atoms with Crippen LogP contribution in [0.4, 0.5) is 11.5 Å². The molecule has 8 heteroatoms. The Morgan fingerprint density at radius 3 is 2.80 bits per heavy atom. The van der Waals surface area contributed by atoms with Crippen LogP contribution >= 0.6 is 0 Å². The van der Waals surface area contributed by atoms with Gasteiger partial charge in [-0.15, -0.1) is 10.2 Å². The number of pyridine rings is 2. The van der Waals surface area contributed by atoms with Crippen LogP contribution in [0.15, 0.2) is 54.7 Å². The lowest BCUT2D eigenvalue weighted by atomic mass is 10.1. The summed E-state index contributed by atoms with van der Waals surface area (Å²) in [5.74, 6) is 2.86. The van der Waals surface area contributed by atoms with Gasteiger partial charge in [-0.25, -0.2) is 4.98 Å². The Bertz CT molecular complexity index is 1110. The molecule has 0 amide bonds. The average Bonchev–Trinajstić information content (AvgIpc) is 3.28. The Kier molecular flexibility index (Phi) is 5.93. The number of benzene rings is 1. The van der Waals surface area contributed by atoms with Crippen molar-refractivity contribution in [2.75, 3.05) is 5.32 Å². The number of nitrogens with one attached hydrogen (secondary N) is 2. The van der Waals surface area contributed by atoms with Gasteiger partial charge in [0.1, 0.15) is 17.3 Å². The monoisotopic (exact) mass is 401 g/mol. The molecule has 1 aromatic carbocycles. The van der Waals surface area contributed by atoms with Crippen molar-refractivity contribution in [2.45, 2.75) is 33.1 Å². The Morgan fingerprint density at radius 1 is 1.07 bits per heavy atom. The first kappa shape index (κ1) is 19.5. The number of rotatable bonds is 8. The molecular weight excluding hydrogens is 378 g/mol. The molecule has 0 aliphatic heterocycles. The highest BCUT2D eigenvalue weighted by Crippen LogP contribution is 2.26. The Labute approximate surface area is 174 Å². The van der Waals surface area contributed by atoms with E-state index in [1.807, 2.05) is 43.3 Å². The van der Waals surface area contributed by atoms with Crippen LogP contribution in [0.1, 0.15) is 29.7 Å². The van der Waals surface area contributed by atoms with E-state index in [4.69, 9.17) is 4.74 Å². The molecule has 0 fully saturated rings. The van der Waals surface area contributed by atoms with Crippen LogP contribution in [0.3, 0.4) is 0 Å². The van der Waals surface area contributed by atoms with Crippen LogP contribution in [0.25, 0.3) is 0 Å². The second-order valence-corrected chi connectivity index (χ2v) is 6.87. The second-order valence-electron chi connectivity index (χ2n) is 6.87. The first-order valence-corrected chi connectivity index (χ1v) is 9.88. The molecule has 4 aromatic rings. The molecule has 0 bridgehead atoms. The van der Waals surface area contributed by atoms with Gasteiger partial charge in [-0.05, 0) is 55.7 Å². The third-order valence-corrected chi connectivity index (χ3v) is 4.64. The maximum atomic E-state index is 6.03. The van der Waals surface area contributed by atoms with E-state index in [9.17, 15) is 0 Å². The highest BCUT2D eigenvalue weighted by molar-refractivity contribution is 5.58. The Morgan fingerprint density at radius 2 is 2.00 bits per heavy atom. The van der Waals surface area contributed by atoms with E-state index in [2.05, 4.69) is 55.0 Å². The minimum atomic E-state index is 0.704. The van der Waals surface area contributed by atoms with Crippen molar-refractivity contribution >= 4 is 11.5 Å². The minimum absolute atomic E-state index is 0.704. The summed E-state index contributed by atoms with van der Waals surface area (Å²) in [6.07, 6.45) is 4.18. The molecule has 0 radical (unpaired) electrons. The maximum Gasteiger partial charge on any atom is 0.174 e. The highest BCUT2D eigenvalue weighted by Gasteiger charge is 2.06. The van der Waals surface area contributed by atoms with Gasteiger partial charge in [-0.1, -0.05) is 24.3 Å². The lowest BCUT2D eigenvalue weighted by Crippen LogP contribution is -1.98. The summed E-state index contributed by atoms with van der Waals surface area (Å²) >= 11 is 0. The molecule has 152 valence electrons. The molecule has 0 saturated carbocycles. The minimum Gasteiger partial charge on any atom is -0.455 e. The number of ether oxygens (including phenoxy) is 1.